The van der Waals surface area contributed by atoms with E-state index in [1.54, 1.807) is 0 Å². The van der Waals surface area contributed by atoms with Crippen molar-refractivity contribution < 1.29 is 0 Å². The molecule has 2 heterocycles. The highest BCUT2D eigenvalue weighted by Gasteiger charge is 2.21. The fourth-order valence-corrected chi connectivity index (χ4v) is 2.56. The Labute approximate surface area is 129 Å². The second-order valence-corrected chi connectivity index (χ2v) is 7.29. The Morgan fingerprint density at radius 1 is 1.29 bits per heavy atom. The van der Waals surface area contributed by atoms with Gasteiger partial charge in [0.15, 0.2) is 0 Å². The van der Waals surface area contributed by atoms with Crippen LogP contribution in [-0.2, 0) is 6.54 Å². The van der Waals surface area contributed by atoms with Crippen molar-refractivity contribution >= 4 is 5.82 Å². The van der Waals surface area contributed by atoms with E-state index in [4.69, 9.17) is 4.98 Å². The van der Waals surface area contributed by atoms with E-state index in [1.807, 2.05) is 0 Å². The molecule has 21 heavy (non-hydrogen) atoms. The molecule has 0 aromatic carbocycles. The van der Waals surface area contributed by atoms with Crippen LogP contribution in [0.2, 0.25) is 0 Å². The molecule has 1 N–H and O–H groups in total. The Morgan fingerprint density at radius 3 is 2.57 bits per heavy atom. The molecule has 1 atom stereocenters. The zero-order chi connectivity index (χ0) is 15.6. The summed E-state index contributed by atoms with van der Waals surface area (Å²) >= 11 is 0. The Hall–Kier alpha value is -1.13. The predicted molar refractivity (Wildman–Crippen MR) is 89.9 cm³/mol. The molecule has 0 radical (unpaired) electrons. The van der Waals surface area contributed by atoms with Gasteiger partial charge in [-0.25, -0.2) is 4.98 Å². The molecule has 1 aromatic heterocycles. The van der Waals surface area contributed by atoms with Gasteiger partial charge in [-0.1, -0.05) is 6.07 Å². The maximum absolute atomic E-state index is 4.82. The summed E-state index contributed by atoms with van der Waals surface area (Å²) < 4.78 is 0. The van der Waals surface area contributed by atoms with Crippen LogP contribution >= 0.6 is 0 Å². The van der Waals surface area contributed by atoms with Gasteiger partial charge in [-0.05, 0) is 53.3 Å². The van der Waals surface area contributed by atoms with E-state index in [2.05, 4.69) is 68.9 Å². The first-order chi connectivity index (χ1) is 9.76. The van der Waals surface area contributed by atoms with Crippen LogP contribution in [-0.4, -0.2) is 48.1 Å². The summed E-state index contributed by atoms with van der Waals surface area (Å²) in [4.78, 5) is 9.63. The maximum atomic E-state index is 4.82. The summed E-state index contributed by atoms with van der Waals surface area (Å²) in [6, 6.07) is 4.98. The van der Waals surface area contributed by atoms with Crippen LogP contribution in [0.3, 0.4) is 0 Å². The molecule has 2 rings (SSSR count). The molecule has 1 aromatic rings. The number of nitrogens with zero attached hydrogens (tertiary/aromatic N) is 3. The highest BCUT2D eigenvalue weighted by Crippen LogP contribution is 2.19. The van der Waals surface area contributed by atoms with E-state index in [9.17, 15) is 0 Å². The largest absolute Gasteiger partial charge is 0.354 e. The predicted octanol–water partition coefficient (Wildman–Crippen LogP) is 2.42. The lowest BCUT2D eigenvalue weighted by Gasteiger charge is -2.38. The van der Waals surface area contributed by atoms with Gasteiger partial charge in [0.05, 0.1) is 0 Å². The lowest BCUT2D eigenvalue weighted by Crippen LogP contribution is -2.50. The Morgan fingerprint density at radius 2 is 2.00 bits per heavy atom. The van der Waals surface area contributed by atoms with Crippen LogP contribution in [0.4, 0.5) is 5.82 Å². The highest BCUT2D eigenvalue weighted by molar-refractivity contribution is 5.42. The topological polar surface area (TPSA) is 31.4 Å². The molecule has 0 amide bonds. The van der Waals surface area contributed by atoms with Crippen molar-refractivity contribution in [2.24, 2.45) is 0 Å². The van der Waals surface area contributed by atoms with Crippen LogP contribution in [0.15, 0.2) is 12.1 Å². The van der Waals surface area contributed by atoms with Crippen LogP contribution in [0.25, 0.3) is 0 Å². The van der Waals surface area contributed by atoms with E-state index in [0.717, 1.165) is 37.7 Å². The third-order valence-electron chi connectivity index (χ3n) is 4.27. The molecule has 0 saturated carbocycles. The third kappa shape index (κ3) is 4.42. The molecule has 0 spiro atoms. The minimum Gasteiger partial charge on any atom is -0.354 e. The third-order valence-corrected chi connectivity index (χ3v) is 4.27. The number of hydrogen-bond acceptors (Lipinski definition) is 4. The minimum atomic E-state index is 0.137. The quantitative estimate of drug-likeness (QED) is 0.926. The molecule has 118 valence electrons. The summed E-state index contributed by atoms with van der Waals surface area (Å²) in [5.41, 5.74) is 2.56. The van der Waals surface area contributed by atoms with E-state index < -0.39 is 0 Å². The zero-order valence-corrected chi connectivity index (χ0v) is 14.4. The van der Waals surface area contributed by atoms with Crippen molar-refractivity contribution in [3.63, 3.8) is 0 Å². The van der Waals surface area contributed by atoms with E-state index >= 15 is 0 Å². The Balaban J connectivity index is 2.05. The van der Waals surface area contributed by atoms with Crippen LogP contribution in [0.5, 0.6) is 0 Å². The molecule has 1 saturated heterocycles. The first-order valence-corrected chi connectivity index (χ1v) is 7.93. The summed E-state index contributed by atoms with van der Waals surface area (Å²) in [6.07, 6.45) is 0. The zero-order valence-electron chi connectivity index (χ0n) is 14.4. The van der Waals surface area contributed by atoms with Gasteiger partial charge < -0.3 is 15.1 Å². The molecule has 0 aliphatic carbocycles. The first-order valence-electron chi connectivity index (χ1n) is 7.93. The monoisotopic (exact) mass is 290 g/mol. The van der Waals surface area contributed by atoms with Crippen molar-refractivity contribution in [1.82, 2.24) is 15.2 Å². The fourth-order valence-electron chi connectivity index (χ4n) is 2.56. The van der Waals surface area contributed by atoms with Gasteiger partial charge in [0.2, 0.25) is 0 Å². The summed E-state index contributed by atoms with van der Waals surface area (Å²) in [6.45, 7) is 15.1. The number of piperazine rings is 1. The van der Waals surface area contributed by atoms with Gasteiger partial charge in [-0.2, -0.15) is 0 Å². The normalized spacial score (nSPS) is 20.9. The lowest BCUT2D eigenvalue weighted by atomic mass is 10.1. The van der Waals surface area contributed by atoms with Crippen molar-refractivity contribution in [2.45, 2.75) is 52.7 Å². The van der Waals surface area contributed by atoms with Crippen molar-refractivity contribution in [1.29, 1.82) is 0 Å². The molecule has 4 heteroatoms. The molecule has 4 nitrogen and oxygen atoms in total. The van der Waals surface area contributed by atoms with E-state index in [0.29, 0.717) is 6.04 Å². The number of pyridine rings is 1. The average molecular weight is 290 g/mol. The molecular formula is C17H30N4. The number of anilines is 1. The number of nitrogens with one attached hydrogen (secondary N) is 1. The fraction of sp³-hybridized carbons (Fsp3) is 0.706. The summed E-state index contributed by atoms with van der Waals surface area (Å²) in [7, 11) is 2.20. The average Bonchev–Trinajstić information content (AvgIpc) is 2.39. The Bertz CT molecular complexity index is 478. The van der Waals surface area contributed by atoms with Gasteiger partial charge in [0, 0.05) is 43.5 Å². The smallest absolute Gasteiger partial charge is 0.128 e. The van der Waals surface area contributed by atoms with Gasteiger partial charge in [0.25, 0.3) is 0 Å². The molecule has 0 bridgehead atoms. The van der Waals surface area contributed by atoms with E-state index in [-0.39, 0.29) is 5.54 Å². The van der Waals surface area contributed by atoms with Crippen molar-refractivity contribution in [2.75, 3.05) is 31.6 Å². The molecule has 1 aliphatic rings. The maximum Gasteiger partial charge on any atom is 0.128 e. The SMILES string of the molecule is Cc1nc(N2CCN(C)C(C)C2)ccc1CNC(C)(C)C. The van der Waals surface area contributed by atoms with Gasteiger partial charge >= 0.3 is 0 Å². The van der Waals surface area contributed by atoms with Gasteiger partial charge in [-0.15, -0.1) is 0 Å². The minimum absolute atomic E-state index is 0.137. The van der Waals surface area contributed by atoms with Crippen LogP contribution < -0.4 is 10.2 Å². The van der Waals surface area contributed by atoms with Gasteiger partial charge in [0.1, 0.15) is 5.82 Å². The molecule has 1 fully saturated rings. The second-order valence-electron chi connectivity index (χ2n) is 7.29. The summed E-state index contributed by atoms with van der Waals surface area (Å²) in [5.74, 6) is 1.12. The van der Waals surface area contributed by atoms with Crippen LogP contribution in [0, 0.1) is 6.92 Å². The van der Waals surface area contributed by atoms with Gasteiger partial charge in [-0.3, -0.25) is 0 Å². The number of aromatic nitrogens is 1. The standard InChI is InChI=1S/C17H30N4/c1-13-12-21(10-9-20(13)6)16-8-7-15(14(2)19-16)11-18-17(3,4)5/h7-8,13,18H,9-12H2,1-6H3. The number of hydrogen-bond donors (Lipinski definition) is 1. The molecular weight excluding hydrogens is 260 g/mol. The number of aryl methyl sites for hydroxylation is 1. The Kier molecular flexibility index (Phi) is 4.89. The molecule has 1 aliphatic heterocycles. The lowest BCUT2D eigenvalue weighted by molar-refractivity contribution is 0.233. The van der Waals surface area contributed by atoms with Crippen molar-refractivity contribution in [3.05, 3.63) is 23.4 Å². The highest BCUT2D eigenvalue weighted by atomic mass is 15.3. The number of rotatable bonds is 3. The summed E-state index contributed by atoms with van der Waals surface area (Å²) in [5, 5.41) is 3.53. The van der Waals surface area contributed by atoms with Crippen LogP contribution in [0.1, 0.15) is 39.0 Å². The first kappa shape index (κ1) is 16.2. The second kappa shape index (κ2) is 6.32. The van der Waals surface area contributed by atoms with E-state index in [1.165, 1.54) is 5.56 Å². The number of likely N-dealkylation sites (N-methyl/N-ethyl adjacent to an activating group) is 1. The molecule has 1 unspecified atom stereocenters. The van der Waals surface area contributed by atoms with Crippen molar-refractivity contribution in [3.8, 4) is 0 Å².